The summed E-state index contributed by atoms with van der Waals surface area (Å²) in [5, 5.41) is 8.93. The minimum Gasteiger partial charge on any atom is -0.446 e. The maximum absolute atomic E-state index is 13.0. The molecule has 2 atom stereocenters. The summed E-state index contributed by atoms with van der Waals surface area (Å²) >= 11 is 0. The number of hydrogen-bond donors (Lipinski definition) is 0. The van der Waals surface area contributed by atoms with Gasteiger partial charge in [-0.05, 0) is 32.3 Å². The van der Waals surface area contributed by atoms with Crippen LogP contribution in [0.5, 0.6) is 0 Å². The van der Waals surface area contributed by atoms with Crippen molar-refractivity contribution in [1.29, 1.82) is 5.26 Å². The molecule has 2 aliphatic heterocycles. The second-order valence-electron chi connectivity index (χ2n) is 8.74. The molecule has 32 heavy (non-hydrogen) atoms. The van der Waals surface area contributed by atoms with Gasteiger partial charge in [-0.3, -0.25) is 9.80 Å². The Bertz CT molecular complexity index is 925. The Kier molecular flexibility index (Phi) is 6.86. The molecule has 0 radical (unpaired) electrons. The van der Waals surface area contributed by atoms with Crippen molar-refractivity contribution in [2.75, 3.05) is 31.1 Å². The molecule has 0 aliphatic carbocycles. The molecule has 1 aromatic carbocycles. The molecule has 0 spiro atoms. The molecule has 0 saturated carbocycles. The Morgan fingerprint density at radius 3 is 2.31 bits per heavy atom. The Morgan fingerprint density at radius 1 is 1.09 bits per heavy atom. The van der Waals surface area contributed by atoms with Gasteiger partial charge in [-0.15, -0.1) is 0 Å². The van der Waals surface area contributed by atoms with E-state index in [-0.39, 0.29) is 24.3 Å². The fourth-order valence-corrected chi connectivity index (χ4v) is 4.62. The van der Waals surface area contributed by atoms with Gasteiger partial charge in [-0.2, -0.15) is 5.26 Å². The molecule has 0 unspecified atom stereocenters. The van der Waals surface area contributed by atoms with E-state index < -0.39 is 0 Å². The van der Waals surface area contributed by atoms with Crippen LogP contribution in [0, 0.1) is 11.3 Å². The van der Waals surface area contributed by atoms with Crippen LogP contribution in [-0.4, -0.2) is 70.2 Å². The molecule has 1 aromatic heterocycles. The number of ether oxygens (including phenoxy) is 1. The van der Waals surface area contributed by atoms with Crippen molar-refractivity contribution in [3.05, 3.63) is 53.9 Å². The van der Waals surface area contributed by atoms with Crippen molar-refractivity contribution in [2.45, 2.75) is 51.4 Å². The Morgan fingerprint density at radius 2 is 1.72 bits per heavy atom. The number of anilines is 1. The third-order valence-electron chi connectivity index (χ3n) is 6.23. The number of hydrogen-bond acceptors (Lipinski definition) is 7. The summed E-state index contributed by atoms with van der Waals surface area (Å²) in [6, 6.07) is 12.5. The van der Waals surface area contributed by atoms with Crippen LogP contribution in [0.4, 0.5) is 10.7 Å². The van der Waals surface area contributed by atoms with Gasteiger partial charge in [-0.25, -0.2) is 14.8 Å². The van der Waals surface area contributed by atoms with E-state index in [1.54, 1.807) is 0 Å². The van der Waals surface area contributed by atoms with Gasteiger partial charge in [0.1, 0.15) is 12.2 Å². The van der Waals surface area contributed by atoms with E-state index in [1.807, 2.05) is 30.9 Å². The first-order valence-corrected chi connectivity index (χ1v) is 11.3. The fourth-order valence-electron chi connectivity index (χ4n) is 4.62. The summed E-state index contributed by atoms with van der Waals surface area (Å²) in [5.41, 5.74) is 1.75. The summed E-state index contributed by atoms with van der Waals surface area (Å²) < 4.78 is 5.92. The number of nitrogens with zero attached hydrogens (tertiary/aromatic N) is 6. The van der Waals surface area contributed by atoms with E-state index in [0.29, 0.717) is 24.6 Å². The lowest BCUT2D eigenvalue weighted by Crippen LogP contribution is -2.59. The van der Waals surface area contributed by atoms with Gasteiger partial charge in [0.05, 0.1) is 30.0 Å². The third kappa shape index (κ3) is 5.17. The van der Waals surface area contributed by atoms with Crippen LogP contribution in [0.1, 0.15) is 37.8 Å². The van der Waals surface area contributed by atoms with Crippen molar-refractivity contribution in [3.8, 4) is 6.07 Å². The standard InChI is InChI=1S/C24H30N6O2/c1-18-15-29(23-26-13-21(12-25)14-27-23)16-19(2)30(18)24(31)32-22-8-10-28(11-9-22)17-20-6-4-3-5-7-20/h3-7,13-14,18-19,22H,8-11,15-17H2,1-2H3/t18-,19+. The lowest BCUT2D eigenvalue weighted by molar-refractivity contribution is 0.00996. The smallest absolute Gasteiger partial charge is 0.410 e. The number of nitriles is 1. The number of carbonyl (C=O) groups excluding carboxylic acids is 1. The van der Waals surface area contributed by atoms with E-state index in [1.165, 1.54) is 18.0 Å². The zero-order valence-corrected chi connectivity index (χ0v) is 18.7. The predicted molar refractivity (Wildman–Crippen MR) is 121 cm³/mol. The average Bonchev–Trinajstić information content (AvgIpc) is 2.80. The van der Waals surface area contributed by atoms with Gasteiger partial charge >= 0.3 is 6.09 Å². The number of piperazine rings is 1. The van der Waals surface area contributed by atoms with Gasteiger partial charge < -0.3 is 9.64 Å². The summed E-state index contributed by atoms with van der Waals surface area (Å²) in [5.74, 6) is 0.585. The topological polar surface area (TPSA) is 85.6 Å². The summed E-state index contributed by atoms with van der Waals surface area (Å²) in [7, 11) is 0. The van der Waals surface area contributed by atoms with E-state index >= 15 is 0 Å². The molecule has 8 nitrogen and oxygen atoms in total. The van der Waals surface area contributed by atoms with Crippen molar-refractivity contribution in [2.24, 2.45) is 0 Å². The monoisotopic (exact) mass is 434 g/mol. The van der Waals surface area contributed by atoms with Crippen molar-refractivity contribution in [3.63, 3.8) is 0 Å². The van der Waals surface area contributed by atoms with Gasteiger partial charge in [0.2, 0.25) is 5.95 Å². The largest absolute Gasteiger partial charge is 0.446 e. The first-order chi connectivity index (χ1) is 15.5. The summed E-state index contributed by atoms with van der Waals surface area (Å²) in [4.78, 5) is 27.9. The number of benzene rings is 1. The number of piperidine rings is 1. The summed E-state index contributed by atoms with van der Waals surface area (Å²) in [6.45, 7) is 8.10. The molecule has 8 heteroatoms. The first kappa shape index (κ1) is 22.0. The highest BCUT2D eigenvalue weighted by molar-refractivity contribution is 5.69. The molecule has 0 bridgehead atoms. The third-order valence-corrected chi connectivity index (χ3v) is 6.23. The maximum atomic E-state index is 13.0. The van der Waals surface area contributed by atoms with Crippen LogP contribution in [-0.2, 0) is 11.3 Å². The number of rotatable bonds is 4. The van der Waals surface area contributed by atoms with Gasteiger partial charge in [0, 0.05) is 32.7 Å². The number of amides is 1. The highest BCUT2D eigenvalue weighted by Gasteiger charge is 2.36. The van der Waals surface area contributed by atoms with Crippen LogP contribution >= 0.6 is 0 Å². The zero-order chi connectivity index (χ0) is 22.5. The van der Waals surface area contributed by atoms with E-state index in [9.17, 15) is 4.79 Å². The van der Waals surface area contributed by atoms with Crippen molar-refractivity contribution < 1.29 is 9.53 Å². The zero-order valence-electron chi connectivity index (χ0n) is 18.7. The Labute approximate surface area is 189 Å². The molecule has 2 fully saturated rings. The van der Waals surface area contributed by atoms with Crippen LogP contribution in [0.15, 0.2) is 42.7 Å². The minimum atomic E-state index is -0.230. The van der Waals surface area contributed by atoms with E-state index in [0.717, 1.165) is 32.5 Å². The minimum absolute atomic E-state index is 0.0244. The fraction of sp³-hybridized carbons (Fsp3) is 0.500. The average molecular weight is 435 g/mol. The van der Waals surface area contributed by atoms with E-state index in [4.69, 9.17) is 10.00 Å². The number of aromatic nitrogens is 2. The highest BCUT2D eigenvalue weighted by atomic mass is 16.6. The number of likely N-dealkylation sites (tertiary alicyclic amines) is 1. The molecule has 2 aromatic rings. The molecule has 3 heterocycles. The molecular weight excluding hydrogens is 404 g/mol. The highest BCUT2D eigenvalue weighted by Crippen LogP contribution is 2.23. The van der Waals surface area contributed by atoms with E-state index in [2.05, 4.69) is 44.0 Å². The molecule has 2 aliphatic rings. The molecule has 1 amide bonds. The van der Waals surface area contributed by atoms with Gasteiger partial charge in [0.25, 0.3) is 0 Å². The second-order valence-corrected chi connectivity index (χ2v) is 8.74. The molecule has 0 N–H and O–H groups in total. The van der Waals surface area contributed by atoms with Crippen LogP contribution in [0.2, 0.25) is 0 Å². The predicted octanol–water partition coefficient (Wildman–Crippen LogP) is 3.05. The normalized spacial score (nSPS) is 22.4. The Hall–Kier alpha value is -3.18. The second kappa shape index (κ2) is 9.96. The van der Waals surface area contributed by atoms with Gasteiger partial charge in [-0.1, -0.05) is 30.3 Å². The molecule has 2 saturated heterocycles. The Balaban J connectivity index is 1.28. The van der Waals surface area contributed by atoms with Crippen LogP contribution in [0.25, 0.3) is 0 Å². The maximum Gasteiger partial charge on any atom is 0.410 e. The van der Waals surface area contributed by atoms with Gasteiger partial charge in [0.15, 0.2) is 0 Å². The molecular formula is C24H30N6O2. The van der Waals surface area contributed by atoms with Crippen LogP contribution in [0.3, 0.4) is 0 Å². The lowest BCUT2D eigenvalue weighted by Gasteiger charge is -2.44. The molecule has 4 rings (SSSR count). The van der Waals surface area contributed by atoms with Crippen LogP contribution < -0.4 is 4.90 Å². The van der Waals surface area contributed by atoms with Crippen molar-refractivity contribution >= 4 is 12.0 Å². The summed E-state index contributed by atoms with van der Waals surface area (Å²) in [6.07, 6.45) is 4.52. The number of carbonyl (C=O) groups is 1. The first-order valence-electron chi connectivity index (χ1n) is 11.3. The van der Waals surface area contributed by atoms with Crippen molar-refractivity contribution in [1.82, 2.24) is 19.8 Å². The molecule has 168 valence electrons. The quantitative estimate of drug-likeness (QED) is 0.731. The SMILES string of the molecule is C[C@@H]1CN(c2ncc(C#N)cn2)C[C@H](C)N1C(=O)OC1CCN(Cc2ccccc2)CC1. The lowest BCUT2D eigenvalue weighted by atomic mass is 10.1.